The van der Waals surface area contributed by atoms with Gasteiger partial charge in [-0.3, -0.25) is 9.78 Å². The fraction of sp³-hybridized carbons (Fsp3) is 0.0909. The van der Waals surface area contributed by atoms with Gasteiger partial charge in [-0.05, 0) is 35.9 Å². The van der Waals surface area contributed by atoms with Crippen LogP contribution in [0.1, 0.15) is 28.4 Å². The van der Waals surface area contributed by atoms with Gasteiger partial charge in [0.1, 0.15) is 0 Å². The van der Waals surface area contributed by atoms with Crippen molar-refractivity contribution in [1.82, 2.24) is 30.6 Å². The van der Waals surface area contributed by atoms with Gasteiger partial charge in [-0.15, -0.1) is 10.2 Å². The molecule has 1 N–H and O–H groups in total. The standard InChI is InChI=1S/C22H19N7O/c1-16(20-8-5-13-23-14-20)24-26-22(30)19-11-9-17(10-12-19)15-29-27-21(25-28-29)18-6-3-2-4-7-18/h2-14H,15H2,1H3,(H,26,30)/b24-16-. The number of hydrazone groups is 1. The van der Waals surface area contributed by atoms with E-state index in [1.165, 1.54) is 4.80 Å². The molecule has 30 heavy (non-hydrogen) atoms. The minimum absolute atomic E-state index is 0.282. The molecule has 8 nitrogen and oxygen atoms in total. The maximum Gasteiger partial charge on any atom is 0.271 e. The first-order valence-electron chi connectivity index (χ1n) is 9.36. The Balaban J connectivity index is 1.38. The van der Waals surface area contributed by atoms with E-state index < -0.39 is 0 Å². The summed E-state index contributed by atoms with van der Waals surface area (Å²) in [5.41, 5.74) is 6.48. The largest absolute Gasteiger partial charge is 0.271 e. The van der Waals surface area contributed by atoms with Gasteiger partial charge in [0.2, 0.25) is 5.82 Å². The van der Waals surface area contributed by atoms with Gasteiger partial charge in [0.05, 0.1) is 12.3 Å². The van der Waals surface area contributed by atoms with Crippen LogP contribution < -0.4 is 5.43 Å². The highest BCUT2D eigenvalue weighted by molar-refractivity contribution is 6.00. The Bertz CT molecular complexity index is 1150. The van der Waals surface area contributed by atoms with E-state index >= 15 is 0 Å². The molecule has 8 heteroatoms. The van der Waals surface area contributed by atoms with Crippen molar-refractivity contribution in [3.63, 3.8) is 0 Å². The fourth-order valence-electron chi connectivity index (χ4n) is 2.78. The number of carbonyl (C=O) groups excluding carboxylic acids is 1. The Labute approximate surface area is 173 Å². The van der Waals surface area contributed by atoms with E-state index in [0.717, 1.165) is 16.7 Å². The van der Waals surface area contributed by atoms with Gasteiger partial charge in [-0.25, -0.2) is 5.43 Å². The summed E-state index contributed by atoms with van der Waals surface area (Å²) >= 11 is 0. The lowest BCUT2D eigenvalue weighted by molar-refractivity contribution is 0.0955. The van der Waals surface area contributed by atoms with Crippen molar-refractivity contribution >= 4 is 11.6 Å². The number of benzene rings is 2. The quantitative estimate of drug-likeness (QED) is 0.398. The SMILES string of the molecule is C/C(=N/NC(=O)c1ccc(Cn2nnc(-c3ccccc3)n2)cc1)c1cccnc1. The molecule has 0 fully saturated rings. The Morgan fingerprint density at radius 3 is 2.53 bits per heavy atom. The second kappa shape index (κ2) is 8.87. The molecule has 2 aromatic carbocycles. The molecule has 0 aliphatic rings. The fourth-order valence-corrected chi connectivity index (χ4v) is 2.78. The maximum absolute atomic E-state index is 12.3. The molecule has 4 aromatic rings. The van der Waals surface area contributed by atoms with Crippen LogP contribution in [0.5, 0.6) is 0 Å². The highest BCUT2D eigenvalue weighted by Gasteiger charge is 2.08. The zero-order chi connectivity index (χ0) is 20.8. The summed E-state index contributed by atoms with van der Waals surface area (Å²) in [7, 11) is 0. The monoisotopic (exact) mass is 397 g/mol. The van der Waals surface area contributed by atoms with Gasteiger partial charge in [-0.2, -0.15) is 9.90 Å². The second-order valence-corrected chi connectivity index (χ2v) is 6.59. The summed E-state index contributed by atoms with van der Waals surface area (Å²) in [5.74, 6) is 0.295. The Kier molecular flexibility index (Phi) is 5.66. The smallest absolute Gasteiger partial charge is 0.267 e. The number of hydrogen-bond donors (Lipinski definition) is 1. The minimum Gasteiger partial charge on any atom is -0.267 e. The first-order chi connectivity index (χ1) is 14.7. The second-order valence-electron chi connectivity index (χ2n) is 6.59. The van der Waals surface area contributed by atoms with E-state index in [1.54, 1.807) is 24.5 Å². The third kappa shape index (κ3) is 4.61. The summed E-state index contributed by atoms with van der Waals surface area (Å²) in [6, 6.07) is 20.6. The average molecular weight is 397 g/mol. The molecule has 0 spiro atoms. The van der Waals surface area contributed by atoms with Gasteiger partial charge >= 0.3 is 0 Å². The van der Waals surface area contributed by atoms with Crippen LogP contribution in [0.3, 0.4) is 0 Å². The molecule has 0 radical (unpaired) electrons. The highest BCUT2D eigenvalue weighted by atomic mass is 16.2. The molecule has 0 saturated heterocycles. The van der Waals surface area contributed by atoms with Crippen molar-refractivity contribution in [2.45, 2.75) is 13.5 Å². The number of nitrogens with zero attached hydrogens (tertiary/aromatic N) is 6. The Hall–Kier alpha value is -4.20. The third-order valence-electron chi connectivity index (χ3n) is 4.43. The number of nitrogens with one attached hydrogen (secondary N) is 1. The average Bonchev–Trinajstić information content (AvgIpc) is 3.27. The predicted octanol–water partition coefficient (Wildman–Crippen LogP) is 2.94. The number of hydrogen-bond acceptors (Lipinski definition) is 6. The number of rotatable bonds is 6. The number of aromatic nitrogens is 5. The summed E-state index contributed by atoms with van der Waals surface area (Å²) in [6.45, 7) is 2.27. The Morgan fingerprint density at radius 1 is 1.00 bits per heavy atom. The molecule has 0 saturated carbocycles. The van der Waals surface area contributed by atoms with Crippen LogP contribution in [0, 0.1) is 0 Å². The molecular formula is C22H19N7O. The summed E-state index contributed by atoms with van der Waals surface area (Å²) in [5, 5.41) is 16.7. The van der Waals surface area contributed by atoms with Crippen LogP contribution >= 0.6 is 0 Å². The van der Waals surface area contributed by atoms with E-state index in [0.29, 0.717) is 23.6 Å². The topological polar surface area (TPSA) is 98.0 Å². The molecule has 2 aromatic heterocycles. The molecule has 0 aliphatic carbocycles. The summed E-state index contributed by atoms with van der Waals surface area (Å²) in [6.07, 6.45) is 3.38. The highest BCUT2D eigenvalue weighted by Crippen LogP contribution is 2.12. The van der Waals surface area contributed by atoms with Crippen LogP contribution in [0.2, 0.25) is 0 Å². The lowest BCUT2D eigenvalue weighted by Crippen LogP contribution is -2.19. The Morgan fingerprint density at radius 2 is 1.80 bits per heavy atom. The zero-order valence-electron chi connectivity index (χ0n) is 16.3. The molecule has 0 bridgehead atoms. The van der Waals surface area contributed by atoms with Crippen molar-refractivity contribution < 1.29 is 4.79 Å². The maximum atomic E-state index is 12.3. The van der Waals surface area contributed by atoms with Crippen molar-refractivity contribution in [2.24, 2.45) is 5.10 Å². The van der Waals surface area contributed by atoms with Crippen molar-refractivity contribution in [3.05, 3.63) is 95.8 Å². The summed E-state index contributed by atoms with van der Waals surface area (Å²) in [4.78, 5) is 17.9. The predicted molar refractivity (Wildman–Crippen MR) is 113 cm³/mol. The van der Waals surface area contributed by atoms with Crippen molar-refractivity contribution in [2.75, 3.05) is 0 Å². The van der Waals surface area contributed by atoms with Crippen LogP contribution in [0.25, 0.3) is 11.4 Å². The molecule has 0 atom stereocenters. The van der Waals surface area contributed by atoms with E-state index in [-0.39, 0.29) is 5.91 Å². The van der Waals surface area contributed by atoms with E-state index in [2.05, 4.69) is 30.9 Å². The molecule has 0 unspecified atom stereocenters. The number of carbonyl (C=O) groups is 1. The van der Waals surface area contributed by atoms with E-state index in [4.69, 9.17) is 0 Å². The lowest BCUT2D eigenvalue weighted by Gasteiger charge is -2.04. The molecule has 1 amide bonds. The van der Waals surface area contributed by atoms with Crippen LogP contribution in [-0.2, 0) is 6.54 Å². The minimum atomic E-state index is -0.282. The molecule has 0 aliphatic heterocycles. The van der Waals surface area contributed by atoms with Crippen molar-refractivity contribution in [1.29, 1.82) is 0 Å². The normalized spacial score (nSPS) is 11.3. The molecule has 148 valence electrons. The first kappa shape index (κ1) is 19.1. The van der Waals surface area contributed by atoms with E-state index in [1.807, 2.05) is 61.5 Å². The van der Waals surface area contributed by atoms with Gasteiger partial charge in [0, 0.05) is 29.1 Å². The number of pyridine rings is 1. The van der Waals surface area contributed by atoms with Gasteiger partial charge in [0.25, 0.3) is 5.91 Å². The van der Waals surface area contributed by atoms with E-state index in [9.17, 15) is 4.79 Å². The first-order valence-corrected chi connectivity index (χ1v) is 9.36. The number of amides is 1. The van der Waals surface area contributed by atoms with Crippen molar-refractivity contribution in [3.8, 4) is 11.4 Å². The molecular weight excluding hydrogens is 378 g/mol. The molecule has 4 rings (SSSR count). The lowest BCUT2D eigenvalue weighted by atomic mass is 10.1. The van der Waals surface area contributed by atoms with Crippen LogP contribution in [-0.4, -0.2) is 36.8 Å². The third-order valence-corrected chi connectivity index (χ3v) is 4.43. The van der Waals surface area contributed by atoms with Crippen LogP contribution in [0.4, 0.5) is 0 Å². The molecule has 2 heterocycles. The zero-order valence-corrected chi connectivity index (χ0v) is 16.3. The van der Waals surface area contributed by atoms with Gasteiger partial charge in [-0.1, -0.05) is 48.5 Å². The van der Waals surface area contributed by atoms with Gasteiger partial charge < -0.3 is 0 Å². The van der Waals surface area contributed by atoms with Gasteiger partial charge in [0.15, 0.2) is 0 Å². The summed E-state index contributed by atoms with van der Waals surface area (Å²) < 4.78 is 0. The number of tetrazole rings is 1. The van der Waals surface area contributed by atoms with Crippen LogP contribution in [0.15, 0.2) is 84.2 Å².